The quantitative estimate of drug-likeness (QED) is 0.795. The molecule has 0 bridgehead atoms. The van der Waals surface area contributed by atoms with Crippen LogP contribution < -0.4 is 10.1 Å². The number of ether oxygens (including phenoxy) is 1. The molecule has 1 aromatic rings. The molecule has 1 aromatic carbocycles. The molecule has 0 saturated heterocycles. The Kier molecular flexibility index (Phi) is 5.83. The highest BCUT2D eigenvalue weighted by Gasteiger charge is 2.17. The van der Waals surface area contributed by atoms with E-state index in [-0.39, 0.29) is 12.1 Å². The molecule has 4 nitrogen and oxygen atoms in total. The van der Waals surface area contributed by atoms with Gasteiger partial charge in [-0.1, -0.05) is 19.1 Å². The van der Waals surface area contributed by atoms with E-state index in [9.17, 15) is 4.79 Å². The topological polar surface area (TPSA) is 58.6 Å². The molecule has 106 valence electrons. The van der Waals surface area contributed by atoms with E-state index in [0.717, 1.165) is 11.3 Å². The summed E-state index contributed by atoms with van der Waals surface area (Å²) in [4.78, 5) is 11.0. The summed E-state index contributed by atoms with van der Waals surface area (Å²) < 4.78 is 5.57. The van der Waals surface area contributed by atoms with Crippen molar-refractivity contribution >= 4 is 5.97 Å². The van der Waals surface area contributed by atoms with Crippen LogP contribution in [0.2, 0.25) is 0 Å². The maximum Gasteiger partial charge on any atom is 0.320 e. The third-order valence-corrected chi connectivity index (χ3v) is 2.91. The van der Waals surface area contributed by atoms with Crippen molar-refractivity contribution in [3.63, 3.8) is 0 Å². The number of nitrogens with one attached hydrogen (secondary N) is 1. The molecule has 0 aliphatic heterocycles. The number of rotatable bonds is 7. The van der Waals surface area contributed by atoms with Gasteiger partial charge in [0.25, 0.3) is 0 Å². The lowest BCUT2D eigenvalue weighted by atomic mass is 10.1. The van der Waals surface area contributed by atoms with Crippen molar-refractivity contribution < 1.29 is 14.6 Å². The zero-order valence-corrected chi connectivity index (χ0v) is 12.0. The summed E-state index contributed by atoms with van der Waals surface area (Å²) in [7, 11) is 0. The average Bonchev–Trinajstić information content (AvgIpc) is 2.35. The number of carboxylic acids is 1. The fraction of sp³-hybridized carbons (Fsp3) is 0.533. The van der Waals surface area contributed by atoms with Crippen LogP contribution in [0.4, 0.5) is 0 Å². The zero-order valence-electron chi connectivity index (χ0n) is 12.0. The van der Waals surface area contributed by atoms with Crippen molar-refractivity contribution in [1.29, 1.82) is 0 Å². The van der Waals surface area contributed by atoms with Crippen LogP contribution in [0, 0.1) is 0 Å². The van der Waals surface area contributed by atoms with Gasteiger partial charge in [-0.2, -0.15) is 0 Å². The fourth-order valence-electron chi connectivity index (χ4n) is 1.87. The molecule has 0 heterocycles. The lowest BCUT2D eigenvalue weighted by Crippen LogP contribution is -2.37. The second kappa shape index (κ2) is 7.14. The van der Waals surface area contributed by atoms with E-state index < -0.39 is 12.0 Å². The normalized spacial score (nSPS) is 14.2. The molecule has 0 aliphatic rings. The smallest absolute Gasteiger partial charge is 0.320 e. The summed E-state index contributed by atoms with van der Waals surface area (Å²) >= 11 is 0. The Morgan fingerprint density at radius 3 is 2.26 bits per heavy atom. The van der Waals surface area contributed by atoms with E-state index in [1.54, 1.807) is 0 Å². The van der Waals surface area contributed by atoms with Crippen LogP contribution in [0.15, 0.2) is 24.3 Å². The van der Waals surface area contributed by atoms with Crippen molar-refractivity contribution in [2.24, 2.45) is 0 Å². The van der Waals surface area contributed by atoms with Gasteiger partial charge in [-0.3, -0.25) is 10.1 Å². The summed E-state index contributed by atoms with van der Waals surface area (Å²) in [6.07, 6.45) is 0.715. The van der Waals surface area contributed by atoms with Crippen molar-refractivity contribution in [3.8, 4) is 5.75 Å². The van der Waals surface area contributed by atoms with Gasteiger partial charge in [0, 0.05) is 6.04 Å². The Morgan fingerprint density at radius 1 is 1.26 bits per heavy atom. The Balaban J connectivity index is 2.67. The molecule has 0 spiro atoms. The van der Waals surface area contributed by atoms with Crippen molar-refractivity contribution in [3.05, 3.63) is 29.8 Å². The van der Waals surface area contributed by atoms with E-state index in [1.165, 1.54) is 0 Å². The summed E-state index contributed by atoms with van der Waals surface area (Å²) in [5.41, 5.74) is 1.05. The Bertz CT molecular complexity index is 400. The largest absolute Gasteiger partial charge is 0.491 e. The van der Waals surface area contributed by atoms with E-state index in [4.69, 9.17) is 9.84 Å². The summed E-state index contributed by atoms with van der Waals surface area (Å²) in [5, 5.41) is 12.1. The second-order valence-corrected chi connectivity index (χ2v) is 4.92. The summed E-state index contributed by atoms with van der Waals surface area (Å²) in [6, 6.07) is 7.23. The molecular formula is C15H23NO3. The van der Waals surface area contributed by atoms with Gasteiger partial charge < -0.3 is 9.84 Å². The first-order valence-corrected chi connectivity index (χ1v) is 6.69. The monoisotopic (exact) mass is 265 g/mol. The molecule has 0 radical (unpaired) electrons. The highest BCUT2D eigenvalue weighted by atomic mass is 16.5. The zero-order chi connectivity index (χ0) is 14.4. The predicted octanol–water partition coefficient (Wildman–Crippen LogP) is 2.99. The number of hydrogen-bond acceptors (Lipinski definition) is 3. The van der Waals surface area contributed by atoms with Gasteiger partial charge in [0.15, 0.2) is 0 Å². The molecule has 1 rings (SSSR count). The molecule has 4 heteroatoms. The fourth-order valence-corrected chi connectivity index (χ4v) is 1.87. The van der Waals surface area contributed by atoms with E-state index in [0.29, 0.717) is 6.42 Å². The number of carboxylic acid groups (broad SMARTS) is 1. The third-order valence-electron chi connectivity index (χ3n) is 2.91. The lowest BCUT2D eigenvalue weighted by molar-refractivity contribution is -0.139. The number of benzene rings is 1. The number of hydrogen-bond donors (Lipinski definition) is 2. The molecule has 0 saturated carbocycles. The first kappa shape index (κ1) is 15.5. The van der Waals surface area contributed by atoms with Gasteiger partial charge >= 0.3 is 5.97 Å². The molecule has 2 unspecified atom stereocenters. The molecule has 0 amide bonds. The Hall–Kier alpha value is -1.55. The van der Waals surface area contributed by atoms with Crippen molar-refractivity contribution in [2.45, 2.75) is 52.3 Å². The molecule has 2 atom stereocenters. The lowest BCUT2D eigenvalue weighted by Gasteiger charge is -2.19. The average molecular weight is 265 g/mol. The van der Waals surface area contributed by atoms with Gasteiger partial charge in [-0.25, -0.2) is 0 Å². The highest BCUT2D eigenvalue weighted by molar-refractivity contribution is 5.73. The van der Waals surface area contributed by atoms with Crippen LogP contribution in [-0.2, 0) is 4.79 Å². The summed E-state index contributed by atoms with van der Waals surface area (Å²) in [6.45, 7) is 7.79. The van der Waals surface area contributed by atoms with Gasteiger partial charge in [-0.05, 0) is 44.9 Å². The van der Waals surface area contributed by atoms with Crippen LogP contribution >= 0.6 is 0 Å². The van der Waals surface area contributed by atoms with Crippen LogP contribution in [-0.4, -0.2) is 23.2 Å². The van der Waals surface area contributed by atoms with E-state index in [2.05, 4.69) is 5.32 Å². The van der Waals surface area contributed by atoms with Crippen LogP contribution in [0.3, 0.4) is 0 Å². The van der Waals surface area contributed by atoms with Gasteiger partial charge in [-0.15, -0.1) is 0 Å². The van der Waals surface area contributed by atoms with Crippen LogP contribution in [0.1, 0.15) is 45.7 Å². The SMILES string of the molecule is CCC(NC(C)c1ccc(OC(C)C)cc1)C(=O)O. The van der Waals surface area contributed by atoms with E-state index in [1.807, 2.05) is 52.0 Å². The molecular weight excluding hydrogens is 242 g/mol. The van der Waals surface area contributed by atoms with Gasteiger partial charge in [0.2, 0.25) is 0 Å². The second-order valence-electron chi connectivity index (χ2n) is 4.92. The Morgan fingerprint density at radius 2 is 1.84 bits per heavy atom. The maximum atomic E-state index is 11.0. The first-order valence-electron chi connectivity index (χ1n) is 6.69. The standard InChI is InChI=1S/C15H23NO3/c1-5-14(15(17)18)16-11(4)12-6-8-13(9-7-12)19-10(2)3/h6-11,14,16H,5H2,1-4H3,(H,17,18). The van der Waals surface area contributed by atoms with Crippen LogP contribution in [0.5, 0.6) is 5.75 Å². The Labute approximate surface area is 114 Å². The summed E-state index contributed by atoms with van der Waals surface area (Å²) in [5.74, 6) is 0.0188. The molecule has 0 aromatic heterocycles. The molecule has 0 aliphatic carbocycles. The number of aliphatic carboxylic acids is 1. The maximum absolute atomic E-state index is 11.0. The predicted molar refractivity (Wildman–Crippen MR) is 75.5 cm³/mol. The minimum Gasteiger partial charge on any atom is -0.491 e. The minimum atomic E-state index is -0.811. The third kappa shape index (κ3) is 4.91. The molecule has 2 N–H and O–H groups in total. The molecule has 0 fully saturated rings. The highest BCUT2D eigenvalue weighted by Crippen LogP contribution is 2.19. The van der Waals surface area contributed by atoms with E-state index >= 15 is 0 Å². The van der Waals surface area contributed by atoms with Crippen LogP contribution in [0.25, 0.3) is 0 Å². The molecule has 19 heavy (non-hydrogen) atoms. The van der Waals surface area contributed by atoms with Crippen molar-refractivity contribution in [1.82, 2.24) is 5.32 Å². The van der Waals surface area contributed by atoms with Gasteiger partial charge in [0.1, 0.15) is 11.8 Å². The van der Waals surface area contributed by atoms with Gasteiger partial charge in [0.05, 0.1) is 6.10 Å². The first-order chi connectivity index (χ1) is 8.93. The van der Waals surface area contributed by atoms with Crippen molar-refractivity contribution in [2.75, 3.05) is 0 Å². The minimum absolute atomic E-state index is 0.00542. The number of carbonyl (C=O) groups is 1.